The van der Waals surface area contributed by atoms with Crippen LogP contribution in [-0.2, 0) is 25.7 Å². The number of esters is 1. The molecule has 3 N–H and O–H groups in total. The number of rotatable bonds is 12. The van der Waals surface area contributed by atoms with Crippen molar-refractivity contribution in [2.45, 2.75) is 57.7 Å². The zero-order valence-corrected chi connectivity index (χ0v) is 16.5. The standard InChI is InChI=1S/C20H30N2O6/c1-3-4-5-9-12-16(19(25)27-2)21-18(24)17(13-23)22-20(26)28-14-15-10-7-6-8-11-15/h6-8,10-11,16-17,23H,3-5,9,12-14H2,1-2H3,(H,21,24)(H,22,26)/t16-,17-/m0/s1. The topological polar surface area (TPSA) is 114 Å². The lowest BCUT2D eigenvalue weighted by Crippen LogP contribution is -2.53. The van der Waals surface area contributed by atoms with Gasteiger partial charge in [0.1, 0.15) is 18.7 Å². The van der Waals surface area contributed by atoms with Gasteiger partial charge in [0, 0.05) is 0 Å². The molecule has 156 valence electrons. The van der Waals surface area contributed by atoms with E-state index in [4.69, 9.17) is 9.47 Å². The number of carbonyl (C=O) groups excluding carboxylic acids is 3. The normalized spacial score (nSPS) is 12.5. The quantitative estimate of drug-likeness (QED) is 0.369. The zero-order chi connectivity index (χ0) is 20.8. The molecule has 1 rings (SSSR count). The number of hydrogen-bond donors (Lipinski definition) is 3. The Bertz CT molecular complexity index is 608. The summed E-state index contributed by atoms with van der Waals surface area (Å²) in [4.78, 5) is 36.1. The van der Waals surface area contributed by atoms with Crippen LogP contribution < -0.4 is 10.6 Å². The smallest absolute Gasteiger partial charge is 0.408 e. The van der Waals surface area contributed by atoms with E-state index in [1.54, 1.807) is 12.1 Å². The third-order valence-corrected chi connectivity index (χ3v) is 4.15. The highest BCUT2D eigenvalue weighted by molar-refractivity contribution is 5.89. The second kappa shape index (κ2) is 13.5. The zero-order valence-electron chi connectivity index (χ0n) is 16.5. The van der Waals surface area contributed by atoms with Crippen molar-refractivity contribution in [3.63, 3.8) is 0 Å². The van der Waals surface area contributed by atoms with Crippen LogP contribution in [0.1, 0.15) is 44.6 Å². The number of amides is 2. The Morgan fingerprint density at radius 3 is 2.36 bits per heavy atom. The van der Waals surface area contributed by atoms with E-state index in [1.807, 2.05) is 18.2 Å². The highest BCUT2D eigenvalue weighted by Gasteiger charge is 2.27. The molecule has 0 aromatic heterocycles. The average molecular weight is 394 g/mol. The molecule has 1 aromatic rings. The monoisotopic (exact) mass is 394 g/mol. The lowest BCUT2D eigenvalue weighted by Gasteiger charge is -2.21. The first-order valence-corrected chi connectivity index (χ1v) is 9.48. The maximum atomic E-state index is 12.4. The fraction of sp³-hybridized carbons (Fsp3) is 0.550. The number of aliphatic hydroxyl groups is 1. The first kappa shape index (κ1) is 23.4. The van der Waals surface area contributed by atoms with Crippen LogP contribution in [0.3, 0.4) is 0 Å². The molecule has 0 aliphatic rings. The summed E-state index contributed by atoms with van der Waals surface area (Å²) in [5, 5.41) is 14.3. The lowest BCUT2D eigenvalue weighted by atomic mass is 10.1. The van der Waals surface area contributed by atoms with Crippen molar-refractivity contribution in [2.75, 3.05) is 13.7 Å². The molecular weight excluding hydrogens is 364 g/mol. The Morgan fingerprint density at radius 2 is 1.75 bits per heavy atom. The van der Waals surface area contributed by atoms with Crippen LogP contribution in [0.2, 0.25) is 0 Å². The van der Waals surface area contributed by atoms with Gasteiger partial charge < -0.3 is 25.2 Å². The van der Waals surface area contributed by atoms with Crippen molar-refractivity contribution in [1.82, 2.24) is 10.6 Å². The molecule has 0 spiro atoms. The van der Waals surface area contributed by atoms with Gasteiger partial charge in [-0.1, -0.05) is 62.9 Å². The number of methoxy groups -OCH3 is 1. The molecule has 0 heterocycles. The maximum absolute atomic E-state index is 12.4. The molecule has 0 saturated heterocycles. The SMILES string of the molecule is CCCCCC[C@H](NC(=O)[C@H](CO)NC(=O)OCc1ccccc1)C(=O)OC. The van der Waals surface area contributed by atoms with E-state index < -0.39 is 36.7 Å². The van der Waals surface area contributed by atoms with E-state index in [-0.39, 0.29) is 6.61 Å². The van der Waals surface area contributed by atoms with Crippen LogP contribution in [0, 0.1) is 0 Å². The Hall–Kier alpha value is -2.61. The molecule has 0 fully saturated rings. The van der Waals surface area contributed by atoms with Gasteiger partial charge in [-0.25, -0.2) is 9.59 Å². The van der Waals surface area contributed by atoms with E-state index in [2.05, 4.69) is 17.6 Å². The maximum Gasteiger partial charge on any atom is 0.408 e. The summed E-state index contributed by atoms with van der Waals surface area (Å²) in [6.45, 7) is 1.48. The number of hydrogen-bond acceptors (Lipinski definition) is 6. The van der Waals surface area contributed by atoms with Gasteiger partial charge in [-0.15, -0.1) is 0 Å². The van der Waals surface area contributed by atoms with Crippen molar-refractivity contribution < 1.29 is 29.0 Å². The number of alkyl carbamates (subject to hydrolysis) is 1. The number of aliphatic hydroxyl groups excluding tert-OH is 1. The molecule has 2 amide bonds. The van der Waals surface area contributed by atoms with Gasteiger partial charge in [-0.05, 0) is 12.0 Å². The van der Waals surface area contributed by atoms with Gasteiger partial charge in [0.2, 0.25) is 5.91 Å². The van der Waals surface area contributed by atoms with Crippen molar-refractivity contribution >= 4 is 18.0 Å². The van der Waals surface area contributed by atoms with Crippen LogP contribution in [0.25, 0.3) is 0 Å². The van der Waals surface area contributed by atoms with Crippen LogP contribution >= 0.6 is 0 Å². The summed E-state index contributed by atoms with van der Waals surface area (Å²) in [7, 11) is 1.25. The van der Waals surface area contributed by atoms with E-state index >= 15 is 0 Å². The molecule has 0 aliphatic carbocycles. The van der Waals surface area contributed by atoms with E-state index in [9.17, 15) is 19.5 Å². The molecule has 0 aliphatic heterocycles. The Labute approximate surface area is 165 Å². The summed E-state index contributed by atoms with van der Waals surface area (Å²) in [6.07, 6.45) is 3.37. The first-order valence-electron chi connectivity index (χ1n) is 9.48. The Kier molecular flexibility index (Phi) is 11.3. The van der Waals surface area contributed by atoms with Crippen LogP contribution in [-0.4, -0.2) is 48.9 Å². The number of benzene rings is 1. The summed E-state index contributed by atoms with van der Waals surface area (Å²) in [5.74, 6) is -1.24. The number of nitrogens with one attached hydrogen (secondary N) is 2. The van der Waals surface area contributed by atoms with E-state index in [1.165, 1.54) is 7.11 Å². The van der Waals surface area contributed by atoms with Crippen LogP contribution in [0.4, 0.5) is 4.79 Å². The first-order chi connectivity index (χ1) is 13.5. The molecule has 0 radical (unpaired) electrons. The summed E-state index contributed by atoms with van der Waals surface area (Å²) in [6, 6.07) is 7.00. The van der Waals surface area contributed by atoms with Crippen LogP contribution in [0.5, 0.6) is 0 Å². The van der Waals surface area contributed by atoms with Gasteiger partial charge in [0.15, 0.2) is 0 Å². The summed E-state index contributed by atoms with van der Waals surface area (Å²) < 4.78 is 9.77. The van der Waals surface area contributed by atoms with Crippen molar-refractivity contribution in [3.8, 4) is 0 Å². The Morgan fingerprint density at radius 1 is 1.04 bits per heavy atom. The predicted octanol–water partition coefficient (Wildman–Crippen LogP) is 1.90. The highest BCUT2D eigenvalue weighted by atomic mass is 16.5. The molecule has 1 aromatic carbocycles. The Balaban J connectivity index is 2.53. The second-order valence-corrected chi connectivity index (χ2v) is 6.37. The number of ether oxygens (including phenoxy) is 2. The van der Waals surface area contributed by atoms with Gasteiger partial charge in [-0.3, -0.25) is 4.79 Å². The average Bonchev–Trinajstić information content (AvgIpc) is 2.72. The third kappa shape index (κ3) is 8.85. The molecule has 8 heteroatoms. The fourth-order valence-corrected chi connectivity index (χ4v) is 2.54. The minimum atomic E-state index is -1.23. The lowest BCUT2D eigenvalue weighted by molar-refractivity contribution is -0.145. The molecule has 28 heavy (non-hydrogen) atoms. The fourth-order valence-electron chi connectivity index (χ4n) is 2.54. The molecule has 8 nitrogen and oxygen atoms in total. The molecular formula is C20H30N2O6. The third-order valence-electron chi connectivity index (χ3n) is 4.15. The van der Waals surface area contributed by atoms with Gasteiger partial charge in [-0.2, -0.15) is 0 Å². The van der Waals surface area contributed by atoms with Crippen LogP contribution in [0.15, 0.2) is 30.3 Å². The van der Waals surface area contributed by atoms with Gasteiger partial charge in [0.25, 0.3) is 0 Å². The number of carbonyl (C=O) groups is 3. The van der Waals surface area contributed by atoms with Gasteiger partial charge >= 0.3 is 12.1 Å². The second-order valence-electron chi connectivity index (χ2n) is 6.37. The summed E-state index contributed by atoms with van der Waals surface area (Å²) >= 11 is 0. The van der Waals surface area contributed by atoms with E-state index in [0.717, 1.165) is 31.2 Å². The van der Waals surface area contributed by atoms with Crippen molar-refractivity contribution in [3.05, 3.63) is 35.9 Å². The predicted molar refractivity (Wildman–Crippen MR) is 103 cm³/mol. The summed E-state index contributed by atoms with van der Waals surface area (Å²) in [5.41, 5.74) is 0.792. The molecule has 0 bridgehead atoms. The minimum Gasteiger partial charge on any atom is -0.467 e. The van der Waals surface area contributed by atoms with Crippen molar-refractivity contribution in [2.24, 2.45) is 0 Å². The molecule has 0 unspecified atom stereocenters. The minimum absolute atomic E-state index is 0.0364. The van der Waals surface area contributed by atoms with E-state index in [0.29, 0.717) is 6.42 Å². The largest absolute Gasteiger partial charge is 0.467 e. The van der Waals surface area contributed by atoms with Gasteiger partial charge in [0.05, 0.1) is 13.7 Å². The molecule has 2 atom stereocenters. The molecule has 0 saturated carbocycles. The van der Waals surface area contributed by atoms with Crippen molar-refractivity contribution in [1.29, 1.82) is 0 Å². The number of unbranched alkanes of at least 4 members (excludes halogenated alkanes) is 3. The highest BCUT2D eigenvalue weighted by Crippen LogP contribution is 2.07.